The molecular weight excluding hydrogens is 378 g/mol. The fraction of sp³-hybridized carbons (Fsp3) is 0.720. The van der Waals surface area contributed by atoms with E-state index < -0.39 is 0 Å². The molecular formula is C25H39NO2S. The molecule has 1 aliphatic carbocycles. The summed E-state index contributed by atoms with van der Waals surface area (Å²) >= 11 is 2.12. The molecule has 0 N–H and O–H groups in total. The Labute approximate surface area is 182 Å². The van der Waals surface area contributed by atoms with Crippen LogP contribution in [-0.2, 0) is 4.79 Å². The summed E-state index contributed by atoms with van der Waals surface area (Å²) in [7, 11) is 0. The minimum Gasteiger partial charge on any atom is -0.484 e. The van der Waals surface area contributed by atoms with Crippen LogP contribution in [-0.4, -0.2) is 41.0 Å². The van der Waals surface area contributed by atoms with Crippen LogP contribution in [0.5, 0.6) is 5.75 Å². The molecule has 0 bridgehead atoms. The fourth-order valence-electron chi connectivity index (χ4n) is 5.08. The highest BCUT2D eigenvalue weighted by atomic mass is 32.2. The van der Waals surface area contributed by atoms with Crippen LogP contribution < -0.4 is 4.74 Å². The van der Waals surface area contributed by atoms with Gasteiger partial charge in [0.25, 0.3) is 5.91 Å². The monoisotopic (exact) mass is 417 g/mol. The molecule has 162 valence electrons. The number of thioether (sulfide) groups is 1. The van der Waals surface area contributed by atoms with E-state index in [9.17, 15) is 4.79 Å². The number of ether oxygens (including phenoxy) is 1. The van der Waals surface area contributed by atoms with Gasteiger partial charge >= 0.3 is 0 Å². The fourth-order valence-corrected chi connectivity index (χ4v) is 6.81. The number of amides is 1. The topological polar surface area (TPSA) is 29.5 Å². The summed E-state index contributed by atoms with van der Waals surface area (Å²) in [4.78, 5) is 14.9. The number of hydrogen-bond acceptors (Lipinski definition) is 3. The summed E-state index contributed by atoms with van der Waals surface area (Å²) in [5.41, 5.74) is 1.20. The van der Waals surface area contributed by atoms with Crippen molar-refractivity contribution in [2.75, 3.05) is 19.7 Å². The van der Waals surface area contributed by atoms with Gasteiger partial charge in [-0.3, -0.25) is 4.79 Å². The van der Waals surface area contributed by atoms with Gasteiger partial charge in [0, 0.05) is 23.6 Å². The lowest BCUT2D eigenvalue weighted by molar-refractivity contribution is -0.133. The maximum atomic E-state index is 12.9. The predicted octanol–water partition coefficient (Wildman–Crippen LogP) is 6.09. The van der Waals surface area contributed by atoms with E-state index in [0.717, 1.165) is 30.7 Å². The van der Waals surface area contributed by atoms with Crippen molar-refractivity contribution in [3.63, 3.8) is 0 Å². The summed E-state index contributed by atoms with van der Waals surface area (Å²) in [5, 5.41) is 1.30. The van der Waals surface area contributed by atoms with E-state index in [-0.39, 0.29) is 12.5 Å². The van der Waals surface area contributed by atoms with Crippen LogP contribution in [0.15, 0.2) is 24.3 Å². The standard InChI is InChI=1S/C25H39NO2S/c1-4-26(25(27)18-28-22-14-12-19(2)13-15-22)17-24-23(16-20(3)29-24)21-10-8-6-5-7-9-11-21/h12-15,20-21,23-24H,4-11,16-18H2,1-3H3. The molecule has 3 unspecified atom stereocenters. The lowest BCUT2D eigenvalue weighted by atomic mass is 9.78. The first-order valence-corrected chi connectivity index (χ1v) is 12.6. The molecule has 1 aromatic rings. The molecule has 2 aliphatic rings. The Kier molecular flexibility index (Phi) is 8.77. The van der Waals surface area contributed by atoms with E-state index in [2.05, 4.69) is 32.5 Å². The molecule has 3 nitrogen and oxygen atoms in total. The zero-order chi connectivity index (χ0) is 20.6. The molecule has 1 heterocycles. The van der Waals surface area contributed by atoms with Gasteiger partial charge in [-0.15, -0.1) is 0 Å². The molecule has 29 heavy (non-hydrogen) atoms. The molecule has 1 saturated carbocycles. The Morgan fingerprint density at radius 3 is 2.41 bits per heavy atom. The highest BCUT2D eigenvalue weighted by Crippen LogP contribution is 2.45. The maximum absolute atomic E-state index is 12.9. The highest BCUT2D eigenvalue weighted by molar-refractivity contribution is 8.00. The molecule has 1 aliphatic heterocycles. The smallest absolute Gasteiger partial charge is 0.260 e. The summed E-state index contributed by atoms with van der Waals surface area (Å²) in [5.74, 6) is 2.52. The molecule has 1 aromatic carbocycles. The second kappa shape index (κ2) is 11.3. The number of carbonyl (C=O) groups excluding carboxylic acids is 1. The predicted molar refractivity (Wildman–Crippen MR) is 124 cm³/mol. The van der Waals surface area contributed by atoms with Crippen LogP contribution in [0.1, 0.15) is 70.8 Å². The van der Waals surface area contributed by atoms with Gasteiger partial charge in [-0.1, -0.05) is 69.6 Å². The number of rotatable bonds is 7. The van der Waals surface area contributed by atoms with E-state index in [1.165, 1.54) is 56.9 Å². The Hall–Kier alpha value is -1.16. The second-order valence-corrected chi connectivity index (χ2v) is 10.7. The summed E-state index contributed by atoms with van der Waals surface area (Å²) in [6, 6.07) is 7.93. The molecule has 0 aromatic heterocycles. The van der Waals surface area contributed by atoms with Crippen molar-refractivity contribution in [3.8, 4) is 5.75 Å². The van der Waals surface area contributed by atoms with Crippen molar-refractivity contribution >= 4 is 17.7 Å². The van der Waals surface area contributed by atoms with Gasteiger partial charge in [0.15, 0.2) is 6.61 Å². The molecule has 2 fully saturated rings. The average Bonchev–Trinajstić information content (AvgIpc) is 3.05. The number of nitrogens with zero attached hydrogens (tertiary/aromatic N) is 1. The Bertz CT molecular complexity index is 624. The van der Waals surface area contributed by atoms with Crippen LogP contribution in [0.2, 0.25) is 0 Å². The van der Waals surface area contributed by atoms with Gasteiger partial charge in [-0.25, -0.2) is 0 Å². The molecule has 3 atom stereocenters. The Morgan fingerprint density at radius 1 is 1.10 bits per heavy atom. The summed E-state index contributed by atoms with van der Waals surface area (Å²) in [6.45, 7) is 8.30. The van der Waals surface area contributed by atoms with Gasteiger partial charge < -0.3 is 9.64 Å². The van der Waals surface area contributed by atoms with Crippen molar-refractivity contribution in [1.82, 2.24) is 4.90 Å². The van der Waals surface area contributed by atoms with Crippen LogP contribution in [0, 0.1) is 18.8 Å². The number of carbonyl (C=O) groups is 1. The Morgan fingerprint density at radius 2 is 1.76 bits per heavy atom. The van der Waals surface area contributed by atoms with E-state index in [4.69, 9.17) is 4.74 Å². The first kappa shape index (κ1) is 22.5. The average molecular weight is 418 g/mol. The van der Waals surface area contributed by atoms with E-state index in [1.54, 1.807) is 0 Å². The minimum atomic E-state index is 0.115. The van der Waals surface area contributed by atoms with Crippen LogP contribution in [0.25, 0.3) is 0 Å². The van der Waals surface area contributed by atoms with Crippen molar-refractivity contribution in [3.05, 3.63) is 29.8 Å². The minimum absolute atomic E-state index is 0.115. The lowest BCUT2D eigenvalue weighted by Gasteiger charge is -2.32. The van der Waals surface area contributed by atoms with Gasteiger partial charge in [0.05, 0.1) is 0 Å². The van der Waals surface area contributed by atoms with Crippen LogP contribution in [0.3, 0.4) is 0 Å². The molecule has 3 rings (SSSR count). The van der Waals surface area contributed by atoms with Crippen molar-refractivity contribution in [2.24, 2.45) is 11.8 Å². The van der Waals surface area contributed by atoms with Crippen molar-refractivity contribution < 1.29 is 9.53 Å². The number of aryl methyl sites for hydroxylation is 1. The van der Waals surface area contributed by atoms with E-state index in [0.29, 0.717) is 10.5 Å². The van der Waals surface area contributed by atoms with E-state index >= 15 is 0 Å². The first-order chi connectivity index (χ1) is 14.1. The number of likely N-dealkylation sites (N-methyl/N-ethyl adjacent to an activating group) is 1. The molecule has 1 saturated heterocycles. The van der Waals surface area contributed by atoms with E-state index in [1.807, 2.05) is 29.2 Å². The lowest BCUT2D eigenvalue weighted by Crippen LogP contribution is -2.41. The SMILES string of the molecule is CCN(CC1SC(C)CC1C1CCCCCCC1)C(=O)COc1ccc(C)cc1. The quantitative estimate of drug-likeness (QED) is 0.537. The Balaban J connectivity index is 1.56. The van der Waals surface area contributed by atoms with Gasteiger partial charge in [0.1, 0.15) is 5.75 Å². The summed E-state index contributed by atoms with van der Waals surface area (Å²) < 4.78 is 5.77. The van der Waals surface area contributed by atoms with Gasteiger partial charge in [-0.2, -0.15) is 11.8 Å². The molecule has 0 spiro atoms. The number of hydrogen-bond donors (Lipinski definition) is 0. The largest absolute Gasteiger partial charge is 0.484 e. The number of benzene rings is 1. The molecule has 1 amide bonds. The van der Waals surface area contributed by atoms with Crippen LogP contribution in [0.4, 0.5) is 0 Å². The zero-order valence-electron chi connectivity index (χ0n) is 18.6. The first-order valence-electron chi connectivity index (χ1n) is 11.7. The maximum Gasteiger partial charge on any atom is 0.260 e. The van der Waals surface area contributed by atoms with Crippen LogP contribution >= 0.6 is 11.8 Å². The normalized spacial score (nSPS) is 26.0. The van der Waals surface area contributed by atoms with Gasteiger partial charge in [-0.05, 0) is 44.2 Å². The third-order valence-electron chi connectivity index (χ3n) is 6.76. The summed E-state index contributed by atoms with van der Waals surface area (Å²) in [6.07, 6.45) is 11.1. The molecule has 4 heteroatoms. The zero-order valence-corrected chi connectivity index (χ0v) is 19.4. The van der Waals surface area contributed by atoms with Crippen molar-refractivity contribution in [2.45, 2.75) is 82.6 Å². The molecule has 0 radical (unpaired) electrons. The third-order valence-corrected chi connectivity index (χ3v) is 8.27. The highest BCUT2D eigenvalue weighted by Gasteiger charge is 2.38. The second-order valence-electron chi connectivity index (χ2n) is 9.02. The van der Waals surface area contributed by atoms with Gasteiger partial charge in [0.2, 0.25) is 0 Å². The third kappa shape index (κ3) is 6.67. The van der Waals surface area contributed by atoms with Crippen molar-refractivity contribution in [1.29, 1.82) is 0 Å².